The van der Waals surface area contributed by atoms with Gasteiger partial charge in [0.05, 0.1) is 0 Å². The lowest BCUT2D eigenvalue weighted by molar-refractivity contribution is 0.387. The number of benzene rings is 3. The van der Waals surface area contributed by atoms with Crippen LogP contribution in [0.2, 0.25) is 0 Å². The maximum Gasteiger partial charge on any atom is 0.166 e. The first-order chi connectivity index (χ1) is 14.1. The predicted octanol–water partition coefficient (Wildman–Crippen LogP) is 8.04. The Labute approximate surface area is 170 Å². The number of fused-ring (bicyclic) bond motifs is 1. The number of rotatable bonds is 5. The normalized spacial score (nSPS) is 19.6. The van der Waals surface area contributed by atoms with Crippen molar-refractivity contribution in [3.8, 4) is 0 Å². The average Bonchev–Trinajstić information content (AvgIpc) is 2.75. The van der Waals surface area contributed by atoms with Crippen molar-refractivity contribution in [1.82, 2.24) is 0 Å². The molecule has 3 aromatic rings. The lowest BCUT2D eigenvalue weighted by Crippen LogP contribution is -2.13. The minimum Gasteiger partial charge on any atom is -0.207 e. The van der Waals surface area contributed by atoms with Crippen molar-refractivity contribution in [1.29, 1.82) is 0 Å². The molecule has 1 fully saturated rings. The first-order valence-corrected chi connectivity index (χ1v) is 10.7. The Morgan fingerprint density at radius 1 is 0.793 bits per heavy atom. The molecule has 0 unspecified atom stereocenters. The Morgan fingerprint density at radius 2 is 1.55 bits per heavy atom. The summed E-state index contributed by atoms with van der Waals surface area (Å²) in [6.07, 6.45) is 7.01. The maximum absolute atomic E-state index is 14.7. The summed E-state index contributed by atoms with van der Waals surface area (Å²) in [6.45, 7) is 2.15. The monoisotopic (exact) mass is 396 g/mol. The number of hydrogen-bond acceptors (Lipinski definition) is 0. The van der Waals surface area contributed by atoms with Crippen molar-refractivity contribution in [3.05, 3.63) is 82.7 Å². The fourth-order valence-electron chi connectivity index (χ4n) is 4.71. The molecular formula is C26H27F3. The van der Waals surface area contributed by atoms with Crippen LogP contribution >= 0.6 is 0 Å². The second-order valence-corrected chi connectivity index (χ2v) is 8.35. The van der Waals surface area contributed by atoms with Crippen LogP contribution in [0.1, 0.15) is 74.0 Å². The quantitative estimate of drug-likeness (QED) is 0.409. The van der Waals surface area contributed by atoms with Crippen LogP contribution < -0.4 is 0 Å². The minimum absolute atomic E-state index is 0.0646. The average molecular weight is 396 g/mol. The van der Waals surface area contributed by atoms with Crippen LogP contribution in [-0.2, 0) is 6.42 Å². The third-order valence-electron chi connectivity index (χ3n) is 6.45. The van der Waals surface area contributed by atoms with Gasteiger partial charge in [0.25, 0.3) is 0 Å². The molecule has 0 bridgehead atoms. The molecule has 0 amide bonds. The van der Waals surface area contributed by atoms with E-state index in [1.807, 2.05) is 18.2 Å². The van der Waals surface area contributed by atoms with Gasteiger partial charge in [0, 0.05) is 5.39 Å². The summed E-state index contributed by atoms with van der Waals surface area (Å²) in [5.41, 5.74) is 3.10. The van der Waals surface area contributed by atoms with Gasteiger partial charge in [0.2, 0.25) is 0 Å². The second kappa shape index (κ2) is 8.61. The molecule has 0 N–H and O–H groups in total. The minimum atomic E-state index is -0.812. The van der Waals surface area contributed by atoms with Crippen LogP contribution in [0, 0.1) is 17.5 Å². The summed E-state index contributed by atoms with van der Waals surface area (Å²) in [4.78, 5) is 0. The molecule has 0 radical (unpaired) electrons. The smallest absolute Gasteiger partial charge is 0.166 e. The number of hydrogen-bond donors (Lipinski definition) is 0. The zero-order chi connectivity index (χ0) is 20.4. The summed E-state index contributed by atoms with van der Waals surface area (Å²) in [5, 5.41) is 1.06. The van der Waals surface area contributed by atoms with Crippen molar-refractivity contribution < 1.29 is 13.2 Å². The van der Waals surface area contributed by atoms with Crippen LogP contribution in [0.15, 0.2) is 48.5 Å². The lowest BCUT2D eigenvalue weighted by Gasteiger charge is -2.29. The molecule has 0 spiro atoms. The van der Waals surface area contributed by atoms with Gasteiger partial charge >= 0.3 is 0 Å². The van der Waals surface area contributed by atoms with Gasteiger partial charge in [-0.15, -0.1) is 0 Å². The van der Waals surface area contributed by atoms with E-state index < -0.39 is 11.6 Å². The molecule has 1 aliphatic rings. The highest BCUT2D eigenvalue weighted by Crippen LogP contribution is 2.42. The van der Waals surface area contributed by atoms with Crippen LogP contribution in [0.4, 0.5) is 13.2 Å². The summed E-state index contributed by atoms with van der Waals surface area (Å²) < 4.78 is 42.0. The third-order valence-corrected chi connectivity index (χ3v) is 6.45. The molecule has 0 heterocycles. The Morgan fingerprint density at radius 3 is 2.28 bits per heavy atom. The fraction of sp³-hybridized carbons (Fsp3) is 0.385. The van der Waals surface area contributed by atoms with Crippen LogP contribution in [-0.4, -0.2) is 0 Å². The highest BCUT2D eigenvalue weighted by molar-refractivity contribution is 5.84. The van der Waals surface area contributed by atoms with Crippen LogP contribution in [0.3, 0.4) is 0 Å². The van der Waals surface area contributed by atoms with E-state index in [0.717, 1.165) is 67.0 Å². The van der Waals surface area contributed by atoms with E-state index in [0.29, 0.717) is 11.3 Å². The van der Waals surface area contributed by atoms with Crippen molar-refractivity contribution in [3.63, 3.8) is 0 Å². The zero-order valence-corrected chi connectivity index (χ0v) is 16.9. The molecule has 0 atom stereocenters. The van der Waals surface area contributed by atoms with E-state index >= 15 is 0 Å². The van der Waals surface area contributed by atoms with Crippen molar-refractivity contribution in [2.45, 2.75) is 63.7 Å². The Hall–Kier alpha value is -2.29. The molecule has 0 saturated heterocycles. The molecule has 0 aliphatic heterocycles. The molecule has 1 saturated carbocycles. The maximum atomic E-state index is 14.7. The van der Waals surface area contributed by atoms with Gasteiger partial charge in [0.1, 0.15) is 5.82 Å². The third kappa shape index (κ3) is 4.19. The van der Waals surface area contributed by atoms with E-state index in [1.54, 1.807) is 18.2 Å². The predicted molar refractivity (Wildman–Crippen MR) is 113 cm³/mol. The first-order valence-electron chi connectivity index (χ1n) is 10.7. The molecule has 0 aromatic heterocycles. The summed E-state index contributed by atoms with van der Waals surface area (Å²) in [6, 6.07) is 14.2. The van der Waals surface area contributed by atoms with Gasteiger partial charge in [-0.1, -0.05) is 49.7 Å². The van der Waals surface area contributed by atoms with Gasteiger partial charge in [-0.3, -0.25) is 0 Å². The summed E-state index contributed by atoms with van der Waals surface area (Å²) >= 11 is 0. The van der Waals surface area contributed by atoms with Crippen molar-refractivity contribution in [2.75, 3.05) is 0 Å². The summed E-state index contributed by atoms with van der Waals surface area (Å²) in [7, 11) is 0. The highest BCUT2D eigenvalue weighted by Gasteiger charge is 2.25. The Kier molecular flexibility index (Phi) is 5.94. The van der Waals surface area contributed by atoms with Crippen molar-refractivity contribution in [2.24, 2.45) is 0 Å². The van der Waals surface area contributed by atoms with E-state index in [1.165, 1.54) is 6.07 Å². The molecule has 152 valence electrons. The standard InChI is InChI=1S/C26H27F3/c1-2-3-4-17-5-12-22(25(28)15-17)19-8-6-18(7-9-19)20-10-13-23-21(16-20)11-14-24(27)26(23)29/h5,10-16,18-19H,2-4,6-9H2,1H3. The van der Waals surface area contributed by atoms with E-state index in [9.17, 15) is 13.2 Å². The highest BCUT2D eigenvalue weighted by atomic mass is 19.2. The van der Waals surface area contributed by atoms with Gasteiger partial charge in [-0.25, -0.2) is 13.2 Å². The van der Waals surface area contributed by atoms with E-state index in [4.69, 9.17) is 0 Å². The van der Waals surface area contributed by atoms with Gasteiger partial charge in [-0.2, -0.15) is 0 Å². The SMILES string of the molecule is CCCCc1ccc(C2CCC(c3ccc4c(F)c(F)ccc4c3)CC2)c(F)c1. The largest absolute Gasteiger partial charge is 0.207 e. The van der Waals surface area contributed by atoms with E-state index in [2.05, 4.69) is 13.0 Å². The molecule has 1 aliphatic carbocycles. The van der Waals surface area contributed by atoms with Crippen LogP contribution in [0.5, 0.6) is 0 Å². The molecule has 4 rings (SSSR count). The van der Waals surface area contributed by atoms with Crippen molar-refractivity contribution >= 4 is 10.8 Å². The van der Waals surface area contributed by atoms with Gasteiger partial charge < -0.3 is 0 Å². The molecule has 3 aromatic carbocycles. The first kappa shape index (κ1) is 20.0. The topological polar surface area (TPSA) is 0 Å². The molecule has 3 heteroatoms. The molecule has 0 nitrogen and oxygen atoms in total. The lowest BCUT2D eigenvalue weighted by atomic mass is 9.75. The Bertz CT molecular complexity index is 1000. The molecular weight excluding hydrogens is 369 g/mol. The zero-order valence-electron chi connectivity index (χ0n) is 16.9. The van der Waals surface area contributed by atoms with Crippen LogP contribution in [0.25, 0.3) is 10.8 Å². The second-order valence-electron chi connectivity index (χ2n) is 8.35. The number of aryl methyl sites for hydroxylation is 1. The van der Waals surface area contributed by atoms with Gasteiger partial charge in [0.15, 0.2) is 11.6 Å². The van der Waals surface area contributed by atoms with Gasteiger partial charge in [-0.05, 0) is 84.6 Å². The summed E-state index contributed by atoms with van der Waals surface area (Å²) in [5.74, 6) is -1.01. The Balaban J connectivity index is 1.45. The molecule has 29 heavy (non-hydrogen) atoms. The number of unbranched alkanes of at least 4 members (excludes halogenated alkanes) is 1. The van der Waals surface area contributed by atoms with E-state index in [-0.39, 0.29) is 11.7 Å². The number of halogens is 3. The fourth-order valence-corrected chi connectivity index (χ4v) is 4.71.